The Hall–Kier alpha value is -3.54. The number of rotatable bonds is 8. The fourth-order valence-corrected chi connectivity index (χ4v) is 3.98. The largest absolute Gasteiger partial charge is 0.496 e. The summed E-state index contributed by atoms with van der Waals surface area (Å²) < 4.78 is 47.6. The van der Waals surface area contributed by atoms with E-state index in [2.05, 4.69) is 9.71 Å². The lowest BCUT2D eigenvalue weighted by Crippen LogP contribution is -2.37. The lowest BCUT2D eigenvalue weighted by atomic mass is 10.1. The van der Waals surface area contributed by atoms with Crippen molar-refractivity contribution in [1.29, 1.82) is 0 Å². The predicted molar refractivity (Wildman–Crippen MR) is 114 cm³/mol. The summed E-state index contributed by atoms with van der Waals surface area (Å²) >= 11 is 0. The van der Waals surface area contributed by atoms with Gasteiger partial charge in [0, 0.05) is 30.9 Å². The van der Waals surface area contributed by atoms with E-state index >= 15 is 0 Å². The van der Waals surface area contributed by atoms with Crippen molar-refractivity contribution >= 4 is 27.7 Å². The molecule has 0 bridgehead atoms. The molecule has 0 fully saturated rings. The SMILES string of the molecule is COc1cc(OC)c(OC)cc1CNC(=O)COC(=O)C1=CN2CCS(=O)(=O)N=C2C=C1. The van der Waals surface area contributed by atoms with E-state index in [0.717, 1.165) is 0 Å². The van der Waals surface area contributed by atoms with Gasteiger partial charge in [-0.25, -0.2) is 13.2 Å². The number of amidine groups is 1. The Labute approximate surface area is 185 Å². The molecule has 12 heteroatoms. The summed E-state index contributed by atoms with van der Waals surface area (Å²) in [5.41, 5.74) is 0.826. The highest BCUT2D eigenvalue weighted by atomic mass is 32.2. The van der Waals surface area contributed by atoms with E-state index in [9.17, 15) is 18.0 Å². The number of benzene rings is 1. The van der Waals surface area contributed by atoms with Crippen LogP contribution in [0.15, 0.2) is 40.5 Å². The van der Waals surface area contributed by atoms with E-state index in [4.69, 9.17) is 18.9 Å². The highest BCUT2D eigenvalue weighted by molar-refractivity contribution is 7.90. The van der Waals surface area contributed by atoms with Crippen LogP contribution in [0.1, 0.15) is 5.56 Å². The summed E-state index contributed by atoms with van der Waals surface area (Å²) in [5.74, 6) is 0.322. The molecule has 2 heterocycles. The maximum atomic E-state index is 12.3. The van der Waals surface area contributed by atoms with Crippen LogP contribution in [0.2, 0.25) is 0 Å². The minimum absolute atomic E-state index is 0.116. The molecule has 2 aliphatic heterocycles. The number of fused-ring (bicyclic) bond motifs is 1. The lowest BCUT2D eigenvalue weighted by molar-refractivity contribution is -0.144. The van der Waals surface area contributed by atoms with Crippen LogP contribution < -0.4 is 19.5 Å². The third-order valence-electron chi connectivity index (χ3n) is 4.66. The number of nitrogens with zero attached hydrogens (tertiary/aromatic N) is 2. The highest BCUT2D eigenvalue weighted by Crippen LogP contribution is 2.34. The lowest BCUT2D eigenvalue weighted by Gasteiger charge is -2.26. The standard InChI is InChI=1S/C20H23N3O8S/c1-28-15-9-17(30-3)16(29-2)8-14(15)10-21-19(24)12-31-20(25)13-4-5-18-22-32(26,27)7-6-23(18)11-13/h4-5,8-9,11H,6-7,10,12H2,1-3H3,(H,21,24). The van der Waals surface area contributed by atoms with Crippen LogP contribution in [0.25, 0.3) is 0 Å². The molecule has 1 aromatic carbocycles. The highest BCUT2D eigenvalue weighted by Gasteiger charge is 2.25. The van der Waals surface area contributed by atoms with Gasteiger partial charge in [-0.15, -0.1) is 4.40 Å². The molecule has 1 amide bonds. The van der Waals surface area contributed by atoms with E-state index in [-0.39, 0.29) is 30.3 Å². The number of hydrogen-bond acceptors (Lipinski definition) is 9. The maximum Gasteiger partial charge on any atom is 0.340 e. The maximum absolute atomic E-state index is 12.3. The first kappa shape index (κ1) is 23.1. The minimum atomic E-state index is -3.48. The molecular formula is C20H23N3O8S. The van der Waals surface area contributed by atoms with Crippen LogP contribution >= 0.6 is 0 Å². The zero-order valence-corrected chi connectivity index (χ0v) is 18.6. The molecule has 1 N–H and O–H groups in total. The molecule has 11 nitrogen and oxygen atoms in total. The number of carbonyl (C=O) groups is 2. The zero-order valence-electron chi connectivity index (χ0n) is 17.8. The molecule has 172 valence electrons. The normalized spacial score (nSPS) is 16.3. The number of methoxy groups -OCH3 is 3. The quantitative estimate of drug-likeness (QED) is 0.541. The minimum Gasteiger partial charge on any atom is -0.496 e. The number of nitrogens with one attached hydrogen (secondary N) is 1. The molecule has 0 aliphatic carbocycles. The summed E-state index contributed by atoms with van der Waals surface area (Å²) in [6.45, 7) is -0.199. The molecule has 0 atom stereocenters. The molecule has 0 saturated heterocycles. The van der Waals surface area contributed by atoms with Crippen LogP contribution in [0.5, 0.6) is 17.2 Å². The summed E-state index contributed by atoms with van der Waals surface area (Å²) in [4.78, 5) is 26.0. The number of sulfonamides is 1. The molecule has 1 aromatic rings. The van der Waals surface area contributed by atoms with Crippen molar-refractivity contribution in [2.75, 3.05) is 40.2 Å². The summed E-state index contributed by atoms with van der Waals surface area (Å²) in [5, 5.41) is 2.65. The summed E-state index contributed by atoms with van der Waals surface area (Å²) in [6, 6.07) is 3.32. The fourth-order valence-electron chi connectivity index (χ4n) is 3.01. The monoisotopic (exact) mass is 465 g/mol. The van der Waals surface area contributed by atoms with Crippen molar-refractivity contribution < 1.29 is 37.0 Å². The van der Waals surface area contributed by atoms with Crippen molar-refractivity contribution in [1.82, 2.24) is 10.2 Å². The molecule has 0 saturated carbocycles. The Morgan fingerprint density at radius 1 is 1.06 bits per heavy atom. The number of ether oxygens (including phenoxy) is 4. The van der Waals surface area contributed by atoms with Crippen LogP contribution in [0.3, 0.4) is 0 Å². The Balaban J connectivity index is 1.55. The second-order valence-electron chi connectivity index (χ2n) is 6.72. The molecule has 0 radical (unpaired) electrons. The third-order valence-corrected chi connectivity index (χ3v) is 5.82. The van der Waals surface area contributed by atoms with Gasteiger partial charge in [-0.3, -0.25) is 4.79 Å². The fraction of sp³-hybridized carbons (Fsp3) is 0.350. The van der Waals surface area contributed by atoms with Crippen molar-refractivity contribution in [3.05, 3.63) is 41.6 Å². The van der Waals surface area contributed by atoms with E-state index in [1.165, 1.54) is 39.7 Å². The molecule has 3 rings (SSSR count). The first-order valence-electron chi connectivity index (χ1n) is 9.48. The topological polar surface area (TPSA) is 133 Å². The van der Waals surface area contributed by atoms with Gasteiger partial charge in [0.05, 0.1) is 32.7 Å². The second kappa shape index (κ2) is 9.73. The van der Waals surface area contributed by atoms with Gasteiger partial charge in [-0.2, -0.15) is 0 Å². The number of esters is 1. The number of amides is 1. The van der Waals surface area contributed by atoms with E-state index < -0.39 is 28.5 Å². The van der Waals surface area contributed by atoms with Gasteiger partial charge in [0.2, 0.25) is 0 Å². The molecule has 0 unspecified atom stereocenters. The Morgan fingerprint density at radius 2 is 1.75 bits per heavy atom. The van der Waals surface area contributed by atoms with Gasteiger partial charge in [0.1, 0.15) is 11.6 Å². The summed E-state index contributed by atoms with van der Waals surface area (Å²) in [7, 11) is 1.01. The van der Waals surface area contributed by atoms with E-state index in [1.54, 1.807) is 17.0 Å². The molecule has 0 spiro atoms. The molecular weight excluding hydrogens is 442 g/mol. The first-order chi connectivity index (χ1) is 15.3. The first-order valence-corrected chi connectivity index (χ1v) is 11.1. The number of carbonyl (C=O) groups excluding carboxylic acids is 2. The van der Waals surface area contributed by atoms with Crippen LogP contribution in [-0.4, -0.2) is 71.3 Å². The van der Waals surface area contributed by atoms with Crippen LogP contribution in [0.4, 0.5) is 0 Å². The zero-order chi connectivity index (χ0) is 23.3. The van der Waals surface area contributed by atoms with Crippen molar-refractivity contribution in [2.45, 2.75) is 6.54 Å². The Kier molecular flexibility index (Phi) is 7.03. The van der Waals surface area contributed by atoms with E-state index in [0.29, 0.717) is 22.8 Å². The molecule has 0 aromatic heterocycles. The third kappa shape index (κ3) is 5.38. The van der Waals surface area contributed by atoms with Gasteiger partial charge in [-0.1, -0.05) is 0 Å². The van der Waals surface area contributed by atoms with Gasteiger partial charge < -0.3 is 29.2 Å². The Bertz CT molecular complexity index is 1110. The summed E-state index contributed by atoms with van der Waals surface area (Å²) in [6.07, 6.45) is 4.25. The van der Waals surface area contributed by atoms with Crippen LogP contribution in [-0.2, 0) is 30.9 Å². The van der Waals surface area contributed by atoms with Gasteiger partial charge in [0.25, 0.3) is 15.9 Å². The van der Waals surface area contributed by atoms with Gasteiger partial charge >= 0.3 is 5.97 Å². The van der Waals surface area contributed by atoms with E-state index in [1.807, 2.05) is 0 Å². The van der Waals surface area contributed by atoms with Gasteiger partial charge in [-0.05, 0) is 18.2 Å². The Morgan fingerprint density at radius 3 is 2.44 bits per heavy atom. The predicted octanol–water partition coefficient (Wildman–Crippen LogP) is 0.369. The van der Waals surface area contributed by atoms with Crippen molar-refractivity contribution in [3.8, 4) is 17.2 Å². The molecule has 32 heavy (non-hydrogen) atoms. The van der Waals surface area contributed by atoms with Crippen molar-refractivity contribution in [3.63, 3.8) is 0 Å². The van der Waals surface area contributed by atoms with Crippen molar-refractivity contribution in [2.24, 2.45) is 4.40 Å². The average Bonchev–Trinajstić information content (AvgIpc) is 2.79. The van der Waals surface area contributed by atoms with Crippen LogP contribution in [0, 0.1) is 0 Å². The molecule has 2 aliphatic rings. The average molecular weight is 465 g/mol. The smallest absolute Gasteiger partial charge is 0.340 e. The van der Waals surface area contributed by atoms with Gasteiger partial charge in [0.15, 0.2) is 18.1 Å². The second-order valence-corrected chi connectivity index (χ2v) is 8.47. The number of hydrogen-bond donors (Lipinski definition) is 1.